The molecule has 5 heteroatoms. The summed E-state index contributed by atoms with van der Waals surface area (Å²) in [5.74, 6) is 0.183. The van der Waals surface area contributed by atoms with Gasteiger partial charge in [-0.05, 0) is 36.6 Å². The van der Waals surface area contributed by atoms with Gasteiger partial charge in [0.15, 0.2) is 0 Å². The van der Waals surface area contributed by atoms with Crippen molar-refractivity contribution in [1.82, 2.24) is 0 Å². The van der Waals surface area contributed by atoms with Gasteiger partial charge >= 0.3 is 0 Å². The van der Waals surface area contributed by atoms with E-state index < -0.39 is 10.0 Å². The summed E-state index contributed by atoms with van der Waals surface area (Å²) >= 11 is 3.38. The van der Waals surface area contributed by atoms with Gasteiger partial charge in [0.1, 0.15) is 0 Å². The Bertz CT molecular complexity index is 471. The summed E-state index contributed by atoms with van der Waals surface area (Å²) in [6.45, 7) is 3.98. The molecule has 0 aliphatic rings. The normalized spacial score (nSPS) is 11.5. The van der Waals surface area contributed by atoms with Crippen molar-refractivity contribution in [3.05, 3.63) is 28.2 Å². The van der Waals surface area contributed by atoms with Crippen LogP contribution in [-0.2, 0) is 16.4 Å². The number of halogens is 1. The molecule has 1 rings (SSSR count). The van der Waals surface area contributed by atoms with Gasteiger partial charge in [0.2, 0.25) is 10.0 Å². The third kappa shape index (κ3) is 4.68. The van der Waals surface area contributed by atoms with E-state index in [1.54, 1.807) is 6.07 Å². The van der Waals surface area contributed by atoms with Crippen LogP contribution < -0.4 is 4.72 Å². The van der Waals surface area contributed by atoms with Gasteiger partial charge in [-0.1, -0.05) is 36.2 Å². The molecule has 0 aliphatic heterocycles. The van der Waals surface area contributed by atoms with Crippen LogP contribution in [0.3, 0.4) is 0 Å². The van der Waals surface area contributed by atoms with E-state index in [1.807, 2.05) is 26.0 Å². The van der Waals surface area contributed by atoms with E-state index >= 15 is 0 Å². The molecule has 0 heterocycles. The second-order valence-corrected chi connectivity index (χ2v) is 6.69. The van der Waals surface area contributed by atoms with Crippen LogP contribution >= 0.6 is 15.9 Å². The van der Waals surface area contributed by atoms with E-state index in [0.717, 1.165) is 22.9 Å². The highest BCUT2D eigenvalue weighted by molar-refractivity contribution is 9.10. The van der Waals surface area contributed by atoms with E-state index in [9.17, 15) is 8.42 Å². The molecule has 96 valence electrons. The molecule has 0 atom stereocenters. The Balaban J connectivity index is 2.87. The zero-order valence-electron chi connectivity index (χ0n) is 10.2. The molecule has 0 bridgehead atoms. The first-order chi connectivity index (χ1) is 7.98. The fourth-order valence-electron chi connectivity index (χ4n) is 1.51. The smallest absolute Gasteiger partial charge is 0.232 e. The van der Waals surface area contributed by atoms with Crippen LogP contribution in [0.15, 0.2) is 22.7 Å². The van der Waals surface area contributed by atoms with E-state index in [1.165, 1.54) is 0 Å². The lowest BCUT2D eigenvalue weighted by molar-refractivity contribution is 0.598. The van der Waals surface area contributed by atoms with Crippen molar-refractivity contribution < 1.29 is 8.42 Å². The molecule has 17 heavy (non-hydrogen) atoms. The molecule has 0 aliphatic carbocycles. The third-order valence-corrected chi connectivity index (χ3v) is 4.33. The first kappa shape index (κ1) is 14.5. The van der Waals surface area contributed by atoms with Gasteiger partial charge in [-0.15, -0.1) is 0 Å². The molecule has 0 saturated heterocycles. The zero-order chi connectivity index (χ0) is 12.9. The fraction of sp³-hybridized carbons (Fsp3) is 0.500. The van der Waals surface area contributed by atoms with E-state index in [-0.39, 0.29) is 5.75 Å². The monoisotopic (exact) mass is 319 g/mol. The minimum Gasteiger partial charge on any atom is -0.283 e. The van der Waals surface area contributed by atoms with Gasteiger partial charge in [-0.3, -0.25) is 4.72 Å². The van der Waals surface area contributed by atoms with Crippen LogP contribution in [0, 0.1) is 0 Å². The van der Waals surface area contributed by atoms with Gasteiger partial charge in [-0.25, -0.2) is 8.42 Å². The lowest BCUT2D eigenvalue weighted by atomic mass is 10.1. The van der Waals surface area contributed by atoms with Gasteiger partial charge in [0.25, 0.3) is 0 Å². The minimum absolute atomic E-state index is 0.183. The zero-order valence-corrected chi connectivity index (χ0v) is 12.6. The maximum Gasteiger partial charge on any atom is 0.232 e. The average Bonchev–Trinajstić information content (AvgIpc) is 2.28. The lowest BCUT2D eigenvalue weighted by Gasteiger charge is -2.11. The summed E-state index contributed by atoms with van der Waals surface area (Å²) in [5.41, 5.74) is 1.69. The molecule has 0 saturated carbocycles. The quantitative estimate of drug-likeness (QED) is 0.871. The number of sulfonamides is 1. The van der Waals surface area contributed by atoms with Crippen LogP contribution in [0.4, 0.5) is 5.69 Å². The molecule has 0 amide bonds. The Morgan fingerprint density at radius 2 is 2.00 bits per heavy atom. The van der Waals surface area contributed by atoms with Gasteiger partial charge in [-0.2, -0.15) is 0 Å². The largest absolute Gasteiger partial charge is 0.283 e. The third-order valence-electron chi connectivity index (χ3n) is 2.48. The number of unbranched alkanes of at least 4 members (excludes halogenated alkanes) is 1. The van der Waals surface area contributed by atoms with Crippen molar-refractivity contribution in [3.8, 4) is 0 Å². The maximum atomic E-state index is 11.8. The lowest BCUT2D eigenvalue weighted by Crippen LogP contribution is -2.17. The van der Waals surface area contributed by atoms with Crippen molar-refractivity contribution in [1.29, 1.82) is 0 Å². The molecule has 0 fully saturated rings. The second kappa shape index (κ2) is 6.40. The highest BCUT2D eigenvalue weighted by Gasteiger charge is 2.11. The Hall–Kier alpha value is -0.550. The molecule has 0 radical (unpaired) electrons. The summed E-state index contributed by atoms with van der Waals surface area (Å²) in [6, 6.07) is 5.58. The van der Waals surface area contributed by atoms with E-state index in [4.69, 9.17) is 0 Å². The molecule has 3 nitrogen and oxygen atoms in total. The molecule has 0 spiro atoms. The van der Waals surface area contributed by atoms with Crippen molar-refractivity contribution >= 4 is 31.6 Å². The molecular formula is C12H18BrNO2S. The number of aryl methyl sites for hydroxylation is 1. The summed E-state index contributed by atoms with van der Waals surface area (Å²) in [5, 5.41) is 0. The molecule has 0 unspecified atom stereocenters. The first-order valence-electron chi connectivity index (χ1n) is 5.77. The molecule has 1 aromatic rings. The van der Waals surface area contributed by atoms with E-state index in [2.05, 4.69) is 20.7 Å². The van der Waals surface area contributed by atoms with Crippen LogP contribution in [0.1, 0.15) is 32.3 Å². The van der Waals surface area contributed by atoms with Gasteiger partial charge < -0.3 is 0 Å². The summed E-state index contributed by atoms with van der Waals surface area (Å²) in [7, 11) is -3.21. The van der Waals surface area contributed by atoms with Crippen molar-refractivity contribution in [2.24, 2.45) is 0 Å². The predicted octanol–water partition coefficient (Wildman–Crippen LogP) is 3.55. The number of rotatable bonds is 6. The molecular weight excluding hydrogens is 302 g/mol. The molecule has 1 aromatic carbocycles. The summed E-state index contributed by atoms with van der Waals surface area (Å²) in [6.07, 6.45) is 2.36. The molecule has 1 N–H and O–H groups in total. The van der Waals surface area contributed by atoms with Gasteiger partial charge in [0.05, 0.1) is 11.4 Å². The number of hydrogen-bond donors (Lipinski definition) is 1. The summed E-state index contributed by atoms with van der Waals surface area (Å²) in [4.78, 5) is 0. The number of anilines is 1. The van der Waals surface area contributed by atoms with Crippen LogP contribution in [0.2, 0.25) is 0 Å². The topological polar surface area (TPSA) is 46.2 Å². The highest BCUT2D eigenvalue weighted by atomic mass is 79.9. The van der Waals surface area contributed by atoms with Crippen molar-refractivity contribution in [2.75, 3.05) is 10.5 Å². The Morgan fingerprint density at radius 3 is 2.59 bits per heavy atom. The Kier molecular flexibility index (Phi) is 5.46. The van der Waals surface area contributed by atoms with E-state index in [0.29, 0.717) is 12.1 Å². The summed E-state index contributed by atoms with van der Waals surface area (Å²) < 4.78 is 27.2. The number of hydrogen-bond acceptors (Lipinski definition) is 2. The van der Waals surface area contributed by atoms with Crippen LogP contribution in [0.25, 0.3) is 0 Å². The van der Waals surface area contributed by atoms with Crippen LogP contribution in [0.5, 0.6) is 0 Å². The predicted molar refractivity (Wildman–Crippen MR) is 75.8 cm³/mol. The van der Waals surface area contributed by atoms with Crippen molar-refractivity contribution in [2.45, 2.75) is 33.1 Å². The van der Waals surface area contributed by atoms with Crippen molar-refractivity contribution in [3.63, 3.8) is 0 Å². The fourth-order valence-corrected chi connectivity index (χ4v) is 3.22. The second-order valence-electron chi connectivity index (χ2n) is 3.93. The maximum absolute atomic E-state index is 11.8. The highest BCUT2D eigenvalue weighted by Crippen LogP contribution is 2.22. The first-order valence-corrected chi connectivity index (χ1v) is 8.22. The number of benzene rings is 1. The van der Waals surface area contributed by atoms with Crippen LogP contribution in [-0.4, -0.2) is 14.2 Å². The standard InChI is InChI=1S/C12H18BrNO2S/c1-3-5-8-17(15,16)14-12-7-6-11(13)9-10(12)4-2/h6-7,9,14H,3-5,8H2,1-2H3. The van der Waals surface area contributed by atoms with Gasteiger partial charge in [0, 0.05) is 4.47 Å². The Morgan fingerprint density at radius 1 is 1.29 bits per heavy atom. The average molecular weight is 320 g/mol. The number of nitrogens with one attached hydrogen (secondary N) is 1. The Labute approximate surface area is 112 Å². The molecule has 0 aromatic heterocycles. The minimum atomic E-state index is -3.21. The SMILES string of the molecule is CCCCS(=O)(=O)Nc1ccc(Br)cc1CC.